The van der Waals surface area contributed by atoms with Crippen molar-refractivity contribution in [3.63, 3.8) is 0 Å². The molecular formula is C23H30N2O3S. The monoisotopic (exact) mass is 414 g/mol. The zero-order valence-corrected chi connectivity index (χ0v) is 18.4. The number of benzene rings is 2. The minimum atomic E-state index is -3.60. The second-order valence-electron chi connectivity index (χ2n) is 8.37. The molecule has 6 heteroatoms. The maximum atomic E-state index is 13.1. The van der Waals surface area contributed by atoms with Crippen LogP contribution in [0.3, 0.4) is 0 Å². The second-order valence-corrected chi connectivity index (χ2v) is 10.3. The van der Waals surface area contributed by atoms with Gasteiger partial charge in [0.2, 0.25) is 10.0 Å². The molecule has 2 unspecified atom stereocenters. The van der Waals surface area contributed by atoms with Crippen LogP contribution in [0.1, 0.15) is 41.8 Å². The van der Waals surface area contributed by atoms with Crippen molar-refractivity contribution in [2.24, 2.45) is 11.8 Å². The summed E-state index contributed by atoms with van der Waals surface area (Å²) in [6.07, 6.45) is 1.04. The van der Waals surface area contributed by atoms with Gasteiger partial charge in [0.25, 0.3) is 0 Å². The van der Waals surface area contributed by atoms with Gasteiger partial charge in [-0.3, -0.25) is 4.79 Å². The van der Waals surface area contributed by atoms with Crippen molar-refractivity contribution in [2.75, 3.05) is 25.0 Å². The van der Waals surface area contributed by atoms with E-state index in [1.54, 1.807) is 22.5 Å². The van der Waals surface area contributed by atoms with Gasteiger partial charge in [-0.25, -0.2) is 8.42 Å². The Kier molecular flexibility index (Phi) is 6.44. The van der Waals surface area contributed by atoms with E-state index in [-0.39, 0.29) is 17.2 Å². The molecule has 0 radical (unpaired) electrons. The third kappa shape index (κ3) is 5.06. The molecule has 1 N–H and O–H groups in total. The van der Waals surface area contributed by atoms with E-state index in [4.69, 9.17) is 0 Å². The summed E-state index contributed by atoms with van der Waals surface area (Å²) in [5, 5.41) is 3.13. The minimum absolute atomic E-state index is 0.115. The van der Waals surface area contributed by atoms with Crippen molar-refractivity contribution < 1.29 is 13.2 Å². The molecule has 156 valence electrons. The first kappa shape index (κ1) is 21.5. The van der Waals surface area contributed by atoms with E-state index in [0.29, 0.717) is 30.5 Å². The number of rotatable bonds is 6. The lowest BCUT2D eigenvalue weighted by molar-refractivity contribution is 0.101. The molecule has 1 heterocycles. The van der Waals surface area contributed by atoms with E-state index < -0.39 is 10.0 Å². The highest BCUT2D eigenvalue weighted by atomic mass is 32.2. The molecule has 1 aliphatic heterocycles. The molecular weight excluding hydrogens is 384 g/mol. The molecule has 2 aromatic carbocycles. The fourth-order valence-corrected chi connectivity index (χ4v) is 5.64. The second kappa shape index (κ2) is 8.67. The largest absolute Gasteiger partial charge is 0.378 e. The molecule has 0 bridgehead atoms. The summed E-state index contributed by atoms with van der Waals surface area (Å²) in [6.45, 7) is 9.40. The van der Waals surface area contributed by atoms with Crippen molar-refractivity contribution in [1.29, 1.82) is 0 Å². The Morgan fingerprint density at radius 1 is 1.03 bits per heavy atom. The lowest BCUT2D eigenvalue weighted by Crippen LogP contribution is -2.42. The van der Waals surface area contributed by atoms with Crippen molar-refractivity contribution in [2.45, 2.75) is 39.0 Å². The Labute approximate surface area is 174 Å². The number of nitrogens with zero attached hydrogens (tertiary/aromatic N) is 1. The van der Waals surface area contributed by atoms with E-state index in [0.717, 1.165) is 17.7 Å². The lowest BCUT2D eigenvalue weighted by atomic mass is 9.94. The predicted octanol–water partition coefficient (Wildman–Crippen LogP) is 4.26. The van der Waals surface area contributed by atoms with Crippen LogP contribution < -0.4 is 5.32 Å². The number of carbonyl (C=O) groups is 1. The van der Waals surface area contributed by atoms with Crippen molar-refractivity contribution in [3.8, 4) is 0 Å². The van der Waals surface area contributed by atoms with Gasteiger partial charge in [0.1, 0.15) is 0 Å². The number of ketones is 1. The number of carbonyl (C=O) groups excluding carboxylic acids is 1. The van der Waals surface area contributed by atoms with Gasteiger partial charge in [0, 0.05) is 24.3 Å². The number of aryl methyl sites for hydroxylation is 2. The average Bonchev–Trinajstić information content (AvgIpc) is 2.68. The Balaban J connectivity index is 1.74. The van der Waals surface area contributed by atoms with Crippen LogP contribution in [0.5, 0.6) is 0 Å². The van der Waals surface area contributed by atoms with Gasteiger partial charge in [-0.1, -0.05) is 32.0 Å². The first-order chi connectivity index (χ1) is 13.7. The minimum Gasteiger partial charge on any atom is -0.378 e. The van der Waals surface area contributed by atoms with E-state index >= 15 is 0 Å². The maximum absolute atomic E-state index is 13.1. The fraction of sp³-hybridized carbons (Fsp3) is 0.435. The quantitative estimate of drug-likeness (QED) is 0.717. The van der Waals surface area contributed by atoms with E-state index in [1.165, 1.54) is 11.6 Å². The molecule has 0 aliphatic carbocycles. The SMILES string of the molecule is Cc1ccc(NCC(=O)c2cccc(S(=O)(=O)N3CC(C)CC(C)C3)c2)cc1C. The molecule has 2 atom stereocenters. The summed E-state index contributed by atoms with van der Waals surface area (Å²) in [5.41, 5.74) is 3.63. The lowest BCUT2D eigenvalue weighted by Gasteiger charge is -2.34. The summed E-state index contributed by atoms with van der Waals surface area (Å²) in [6, 6.07) is 12.3. The topological polar surface area (TPSA) is 66.5 Å². The Bertz CT molecular complexity index is 991. The molecule has 3 rings (SSSR count). The molecule has 0 saturated carbocycles. The molecule has 29 heavy (non-hydrogen) atoms. The van der Waals surface area contributed by atoms with Crippen molar-refractivity contribution >= 4 is 21.5 Å². The van der Waals surface area contributed by atoms with Crippen LogP contribution in [-0.4, -0.2) is 38.1 Å². The highest BCUT2D eigenvalue weighted by Gasteiger charge is 2.31. The van der Waals surface area contributed by atoms with Crippen LogP contribution >= 0.6 is 0 Å². The number of hydrogen-bond donors (Lipinski definition) is 1. The standard InChI is InChI=1S/C23H30N2O3S/c1-16-10-17(2)15-25(14-16)29(27,28)22-7-5-6-20(12-22)23(26)13-24-21-9-8-18(3)19(4)11-21/h5-9,11-12,16-17,24H,10,13-15H2,1-4H3. The molecule has 1 fully saturated rings. The average molecular weight is 415 g/mol. The van der Waals surface area contributed by atoms with E-state index in [9.17, 15) is 13.2 Å². The molecule has 1 saturated heterocycles. The molecule has 0 spiro atoms. The highest BCUT2D eigenvalue weighted by Crippen LogP contribution is 2.27. The van der Waals surface area contributed by atoms with Crippen LogP contribution in [0, 0.1) is 25.7 Å². The highest BCUT2D eigenvalue weighted by molar-refractivity contribution is 7.89. The smallest absolute Gasteiger partial charge is 0.243 e. The first-order valence-electron chi connectivity index (χ1n) is 10.1. The third-order valence-corrected chi connectivity index (χ3v) is 7.42. The summed E-state index contributed by atoms with van der Waals surface area (Å²) in [4.78, 5) is 12.8. The molecule has 2 aromatic rings. The first-order valence-corrected chi connectivity index (χ1v) is 11.6. The number of hydrogen-bond acceptors (Lipinski definition) is 4. The number of nitrogens with one attached hydrogen (secondary N) is 1. The summed E-state index contributed by atoms with van der Waals surface area (Å²) in [5.74, 6) is 0.529. The maximum Gasteiger partial charge on any atom is 0.243 e. The Hall–Kier alpha value is -2.18. The fourth-order valence-electron chi connectivity index (χ4n) is 3.92. The van der Waals surface area contributed by atoms with Crippen molar-refractivity contribution in [3.05, 3.63) is 59.2 Å². The molecule has 0 amide bonds. The normalized spacial score (nSPS) is 20.4. The van der Waals surface area contributed by atoms with Crippen LogP contribution in [0.2, 0.25) is 0 Å². The van der Waals surface area contributed by atoms with E-state index in [2.05, 4.69) is 19.2 Å². The Morgan fingerprint density at radius 2 is 1.72 bits per heavy atom. The third-order valence-electron chi connectivity index (χ3n) is 5.59. The Morgan fingerprint density at radius 3 is 2.38 bits per heavy atom. The number of anilines is 1. The molecule has 0 aromatic heterocycles. The molecule has 1 aliphatic rings. The number of Topliss-reactive ketones (excluding diaryl/α,β-unsaturated/α-hetero) is 1. The van der Waals surface area contributed by atoms with Gasteiger partial charge in [0.05, 0.1) is 11.4 Å². The van der Waals surface area contributed by atoms with Gasteiger partial charge in [-0.15, -0.1) is 0 Å². The zero-order chi connectivity index (χ0) is 21.2. The number of piperidine rings is 1. The summed E-state index contributed by atoms with van der Waals surface area (Å²) >= 11 is 0. The van der Waals surface area contributed by atoms with Crippen LogP contribution in [0.25, 0.3) is 0 Å². The van der Waals surface area contributed by atoms with Gasteiger partial charge in [-0.2, -0.15) is 4.31 Å². The van der Waals surface area contributed by atoms with E-state index in [1.807, 2.05) is 32.0 Å². The van der Waals surface area contributed by atoms with Gasteiger partial charge in [-0.05, 0) is 67.5 Å². The van der Waals surface area contributed by atoms with Gasteiger partial charge < -0.3 is 5.32 Å². The van der Waals surface area contributed by atoms with Crippen LogP contribution in [-0.2, 0) is 10.0 Å². The van der Waals surface area contributed by atoms with Crippen LogP contribution in [0.4, 0.5) is 5.69 Å². The zero-order valence-electron chi connectivity index (χ0n) is 17.6. The van der Waals surface area contributed by atoms with Gasteiger partial charge >= 0.3 is 0 Å². The summed E-state index contributed by atoms with van der Waals surface area (Å²) in [7, 11) is -3.60. The number of sulfonamides is 1. The van der Waals surface area contributed by atoms with Crippen LogP contribution in [0.15, 0.2) is 47.4 Å². The predicted molar refractivity (Wildman–Crippen MR) is 117 cm³/mol. The van der Waals surface area contributed by atoms with Crippen molar-refractivity contribution in [1.82, 2.24) is 4.31 Å². The molecule has 5 nitrogen and oxygen atoms in total. The summed E-state index contributed by atoms with van der Waals surface area (Å²) < 4.78 is 27.8. The van der Waals surface area contributed by atoms with Gasteiger partial charge in [0.15, 0.2) is 5.78 Å².